The minimum absolute atomic E-state index is 0.130. The lowest BCUT2D eigenvalue weighted by Gasteiger charge is -2.59. The molecule has 4 nitrogen and oxygen atoms in total. The Morgan fingerprint density at radius 2 is 1.74 bits per heavy atom. The molecule has 4 fully saturated rings. The second-order valence-electron chi connectivity index (χ2n) is 9.70. The number of hydrogen-bond acceptors (Lipinski definition) is 5. The maximum atomic E-state index is 12.8. The van der Waals surface area contributed by atoms with E-state index in [4.69, 9.17) is 4.74 Å². The number of hydrogen-bond donors (Lipinski definition) is 1. The van der Waals surface area contributed by atoms with Crippen LogP contribution in [0.2, 0.25) is 0 Å². The van der Waals surface area contributed by atoms with Gasteiger partial charge in [-0.3, -0.25) is 4.79 Å². The fraction of sp³-hybridized carbons (Fsp3) is 0.520. The van der Waals surface area contributed by atoms with Crippen molar-refractivity contribution in [1.29, 1.82) is 0 Å². The summed E-state index contributed by atoms with van der Waals surface area (Å²) >= 11 is 3.06. The maximum Gasteiger partial charge on any atom is 0.340 e. The van der Waals surface area contributed by atoms with E-state index >= 15 is 0 Å². The summed E-state index contributed by atoms with van der Waals surface area (Å²) in [5, 5.41) is 7.09. The molecule has 1 atom stereocenters. The van der Waals surface area contributed by atoms with Crippen LogP contribution in [-0.4, -0.2) is 24.5 Å². The average molecular weight is 456 g/mol. The molecule has 0 unspecified atom stereocenters. The highest BCUT2D eigenvalue weighted by molar-refractivity contribution is 7.12. The number of nitrogens with one attached hydrogen (secondary N) is 1. The average Bonchev–Trinajstić information content (AvgIpc) is 3.43. The van der Waals surface area contributed by atoms with Crippen LogP contribution < -0.4 is 5.32 Å². The second kappa shape index (κ2) is 8.55. The molecule has 0 spiro atoms. The normalized spacial score (nSPS) is 30.2. The van der Waals surface area contributed by atoms with Gasteiger partial charge in [-0.1, -0.05) is 12.1 Å². The highest BCUT2D eigenvalue weighted by Gasteiger charge is 2.53. The molecular formula is C25H29NO3S2. The molecule has 6 heteroatoms. The first-order chi connectivity index (χ1) is 15.0. The van der Waals surface area contributed by atoms with Crippen LogP contribution in [0.1, 0.15) is 55.2 Å². The van der Waals surface area contributed by atoms with E-state index in [1.54, 1.807) is 11.3 Å². The lowest BCUT2D eigenvalue weighted by Crippen LogP contribution is -2.56. The fourth-order valence-corrected chi connectivity index (χ4v) is 7.92. The van der Waals surface area contributed by atoms with Gasteiger partial charge in [-0.25, -0.2) is 4.79 Å². The Morgan fingerprint density at radius 3 is 2.32 bits per heavy atom. The zero-order chi connectivity index (χ0) is 21.4. The largest absolute Gasteiger partial charge is 0.452 e. The van der Waals surface area contributed by atoms with Gasteiger partial charge in [0.25, 0.3) is 5.91 Å². The molecule has 31 heavy (non-hydrogen) atoms. The summed E-state index contributed by atoms with van der Waals surface area (Å²) in [6, 6.07) is 7.86. The van der Waals surface area contributed by atoms with Crippen LogP contribution >= 0.6 is 22.7 Å². The monoisotopic (exact) mass is 455 g/mol. The Morgan fingerprint density at radius 1 is 1.10 bits per heavy atom. The second-order valence-corrected chi connectivity index (χ2v) is 11.6. The summed E-state index contributed by atoms with van der Waals surface area (Å²) in [7, 11) is 0. The van der Waals surface area contributed by atoms with Gasteiger partial charge in [-0.05, 0) is 97.6 Å². The van der Waals surface area contributed by atoms with E-state index in [-0.39, 0.29) is 24.0 Å². The minimum atomic E-state index is -0.451. The first-order valence-electron chi connectivity index (χ1n) is 11.3. The van der Waals surface area contributed by atoms with Gasteiger partial charge in [-0.2, -0.15) is 0 Å². The van der Waals surface area contributed by atoms with E-state index in [1.807, 2.05) is 41.1 Å². The zero-order valence-electron chi connectivity index (χ0n) is 17.8. The smallest absolute Gasteiger partial charge is 0.340 e. The summed E-state index contributed by atoms with van der Waals surface area (Å²) in [5.74, 6) is 1.89. The Kier molecular flexibility index (Phi) is 5.78. The summed E-state index contributed by atoms with van der Waals surface area (Å²) in [6.07, 6.45) is 9.73. The zero-order valence-corrected chi connectivity index (χ0v) is 19.5. The van der Waals surface area contributed by atoms with Crippen molar-refractivity contribution in [1.82, 2.24) is 5.32 Å². The van der Waals surface area contributed by atoms with Crippen molar-refractivity contribution in [2.75, 3.05) is 6.61 Å². The molecule has 1 amide bonds. The van der Waals surface area contributed by atoms with E-state index in [1.165, 1.54) is 49.9 Å². The molecule has 4 saturated carbocycles. The molecule has 0 aliphatic heterocycles. The molecule has 0 saturated heterocycles. The van der Waals surface area contributed by atoms with Gasteiger partial charge in [0, 0.05) is 15.8 Å². The lowest BCUT2D eigenvalue weighted by atomic mass is 9.48. The van der Waals surface area contributed by atoms with Gasteiger partial charge in [0.2, 0.25) is 0 Å². The van der Waals surface area contributed by atoms with E-state index in [9.17, 15) is 9.59 Å². The Labute approximate surface area is 191 Å². The van der Waals surface area contributed by atoms with Crippen molar-refractivity contribution in [3.05, 3.63) is 44.8 Å². The molecule has 6 rings (SSSR count). The molecule has 2 aromatic rings. The molecule has 0 radical (unpaired) electrons. The van der Waals surface area contributed by atoms with E-state index < -0.39 is 5.97 Å². The van der Waals surface area contributed by atoms with Crippen LogP contribution in [0.3, 0.4) is 0 Å². The molecule has 4 bridgehead atoms. The fourth-order valence-electron chi connectivity index (χ4n) is 6.53. The molecule has 1 N–H and O–H groups in total. The van der Waals surface area contributed by atoms with Crippen LogP contribution in [0.15, 0.2) is 35.0 Å². The molecule has 0 aromatic carbocycles. The first kappa shape index (κ1) is 21.0. The number of ether oxygens (including phenoxy) is 1. The van der Waals surface area contributed by atoms with Crippen LogP contribution in [0.5, 0.6) is 0 Å². The highest BCUT2D eigenvalue weighted by atomic mass is 32.1. The summed E-state index contributed by atoms with van der Waals surface area (Å²) < 4.78 is 5.45. The standard InChI is InChI=1S/C25H29NO3S2/c1-16(25-12-17-8-18(13-25)10-19(9-17)14-25)26-23(27)15-29-24(28)21(22-5-3-7-31-22)11-20-4-2-6-30-20/h2-7,11,16-19H,8-10,12-15H2,1H3,(H,26,27)/b21-11+/t16-,17?,18?,19?,25?/m1/s1. The maximum absolute atomic E-state index is 12.8. The summed E-state index contributed by atoms with van der Waals surface area (Å²) in [6.45, 7) is 1.92. The molecule has 4 aliphatic rings. The lowest BCUT2D eigenvalue weighted by molar-refractivity contribution is -0.144. The van der Waals surface area contributed by atoms with Crippen LogP contribution in [0.4, 0.5) is 0 Å². The Hall–Kier alpha value is -1.92. The molecule has 164 valence electrons. The van der Waals surface area contributed by atoms with E-state index in [0.29, 0.717) is 5.57 Å². The SMILES string of the molecule is C[C@@H](NC(=O)COC(=O)/C(=C/c1cccs1)c1cccs1)C12CC3CC(CC(C3)C1)C2. The molecule has 4 aliphatic carbocycles. The van der Waals surface area contributed by atoms with Crippen LogP contribution in [0.25, 0.3) is 11.6 Å². The van der Waals surface area contributed by atoms with Crippen LogP contribution in [0, 0.1) is 23.2 Å². The number of thiophene rings is 2. The van der Waals surface area contributed by atoms with Gasteiger partial charge in [0.1, 0.15) is 0 Å². The molecular weight excluding hydrogens is 426 g/mol. The number of rotatable bonds is 7. The Balaban J connectivity index is 1.20. The van der Waals surface area contributed by atoms with E-state index in [0.717, 1.165) is 27.5 Å². The van der Waals surface area contributed by atoms with Gasteiger partial charge < -0.3 is 10.1 Å². The predicted octanol–water partition coefficient (Wildman–Crippen LogP) is 5.61. The van der Waals surface area contributed by atoms with Gasteiger partial charge in [-0.15, -0.1) is 22.7 Å². The van der Waals surface area contributed by atoms with Crippen molar-refractivity contribution in [3.63, 3.8) is 0 Å². The number of carbonyl (C=O) groups is 2. The summed E-state index contributed by atoms with van der Waals surface area (Å²) in [4.78, 5) is 27.3. The molecule has 2 heterocycles. The highest BCUT2D eigenvalue weighted by Crippen LogP contribution is 2.61. The van der Waals surface area contributed by atoms with Crippen molar-refractivity contribution in [2.45, 2.75) is 51.5 Å². The first-order valence-corrected chi connectivity index (χ1v) is 13.0. The van der Waals surface area contributed by atoms with Crippen LogP contribution in [-0.2, 0) is 14.3 Å². The van der Waals surface area contributed by atoms with Crippen molar-refractivity contribution >= 4 is 46.2 Å². The number of carbonyl (C=O) groups excluding carboxylic acids is 2. The number of amides is 1. The third-order valence-corrected chi connectivity index (χ3v) is 9.27. The Bertz CT molecular complexity index is 926. The minimum Gasteiger partial charge on any atom is -0.452 e. The van der Waals surface area contributed by atoms with E-state index in [2.05, 4.69) is 12.2 Å². The van der Waals surface area contributed by atoms with Gasteiger partial charge in [0.15, 0.2) is 6.61 Å². The predicted molar refractivity (Wildman–Crippen MR) is 126 cm³/mol. The third-order valence-electron chi connectivity index (χ3n) is 7.55. The van der Waals surface area contributed by atoms with Gasteiger partial charge in [0.05, 0.1) is 5.57 Å². The number of esters is 1. The van der Waals surface area contributed by atoms with Crippen molar-refractivity contribution < 1.29 is 14.3 Å². The van der Waals surface area contributed by atoms with Gasteiger partial charge >= 0.3 is 5.97 Å². The van der Waals surface area contributed by atoms with Crippen molar-refractivity contribution in [2.24, 2.45) is 23.2 Å². The quantitative estimate of drug-likeness (QED) is 0.436. The van der Waals surface area contributed by atoms with Crippen molar-refractivity contribution in [3.8, 4) is 0 Å². The topological polar surface area (TPSA) is 55.4 Å². The summed E-state index contributed by atoms with van der Waals surface area (Å²) in [5.41, 5.74) is 0.745. The molecule has 2 aromatic heterocycles. The third kappa shape index (κ3) is 4.37.